The van der Waals surface area contributed by atoms with Gasteiger partial charge in [0.25, 0.3) is 5.91 Å². The molecule has 0 heterocycles. The number of hydrogen-bond acceptors (Lipinski definition) is 6. The van der Waals surface area contributed by atoms with Crippen LogP contribution in [-0.2, 0) is 9.53 Å². The van der Waals surface area contributed by atoms with Gasteiger partial charge in [-0.15, -0.1) is 0 Å². The Bertz CT molecular complexity index is 1090. The van der Waals surface area contributed by atoms with E-state index in [4.69, 9.17) is 18.9 Å². The number of para-hydroxylation sites is 1. The molecule has 0 bridgehead atoms. The van der Waals surface area contributed by atoms with Crippen LogP contribution in [0.15, 0.2) is 72.8 Å². The van der Waals surface area contributed by atoms with Crippen molar-refractivity contribution in [1.82, 2.24) is 0 Å². The minimum Gasteiger partial charge on any atom is -0.490 e. The Kier molecular flexibility index (Phi) is 9.30. The van der Waals surface area contributed by atoms with Gasteiger partial charge in [0, 0.05) is 24.0 Å². The molecular weight excluding hydrogens is 436 g/mol. The number of hydrogen-bond donors (Lipinski definition) is 2. The molecule has 0 aliphatic rings. The van der Waals surface area contributed by atoms with E-state index in [2.05, 4.69) is 10.6 Å². The van der Waals surface area contributed by atoms with Crippen LogP contribution in [0.2, 0.25) is 0 Å². The van der Waals surface area contributed by atoms with Gasteiger partial charge >= 0.3 is 0 Å². The zero-order valence-electron chi connectivity index (χ0n) is 19.2. The Morgan fingerprint density at radius 1 is 0.765 bits per heavy atom. The van der Waals surface area contributed by atoms with Crippen LogP contribution in [0.3, 0.4) is 0 Å². The molecule has 2 amide bonds. The van der Waals surface area contributed by atoms with E-state index in [1.165, 1.54) is 7.11 Å². The van der Waals surface area contributed by atoms with Crippen LogP contribution in [0.25, 0.3) is 0 Å². The fourth-order valence-corrected chi connectivity index (χ4v) is 3.07. The molecule has 0 saturated heterocycles. The van der Waals surface area contributed by atoms with Crippen molar-refractivity contribution in [1.29, 1.82) is 0 Å². The first-order chi connectivity index (χ1) is 16.6. The van der Waals surface area contributed by atoms with Gasteiger partial charge in [-0.25, -0.2) is 0 Å². The lowest BCUT2D eigenvalue weighted by Crippen LogP contribution is -2.17. The minimum absolute atomic E-state index is 0.0520. The third-order valence-corrected chi connectivity index (χ3v) is 4.54. The molecular formula is C26H28N2O6. The smallest absolute Gasteiger partial charge is 0.255 e. The van der Waals surface area contributed by atoms with Crippen LogP contribution in [0.1, 0.15) is 17.3 Å². The molecule has 0 fully saturated rings. The molecule has 3 aromatic carbocycles. The van der Waals surface area contributed by atoms with E-state index < -0.39 is 0 Å². The van der Waals surface area contributed by atoms with Crippen LogP contribution in [0.4, 0.5) is 11.4 Å². The van der Waals surface area contributed by atoms with E-state index in [0.717, 1.165) is 5.75 Å². The highest BCUT2D eigenvalue weighted by atomic mass is 16.5. The van der Waals surface area contributed by atoms with E-state index in [-0.39, 0.29) is 18.4 Å². The van der Waals surface area contributed by atoms with Crippen molar-refractivity contribution >= 4 is 23.2 Å². The van der Waals surface area contributed by atoms with Crippen molar-refractivity contribution in [2.45, 2.75) is 6.92 Å². The number of amides is 2. The van der Waals surface area contributed by atoms with Gasteiger partial charge in [-0.3, -0.25) is 9.59 Å². The zero-order chi connectivity index (χ0) is 24.2. The molecule has 0 spiro atoms. The molecule has 0 atom stereocenters. The SMILES string of the molecule is CCOc1cc(C(=O)Nc2cccc(NC(=O)COC)c2)ccc1OCCOc1ccccc1. The first kappa shape index (κ1) is 24.6. The lowest BCUT2D eigenvalue weighted by molar-refractivity contribution is -0.119. The molecule has 178 valence electrons. The predicted molar refractivity (Wildman–Crippen MR) is 130 cm³/mol. The summed E-state index contributed by atoms with van der Waals surface area (Å²) in [5, 5.41) is 5.53. The van der Waals surface area contributed by atoms with Gasteiger partial charge in [-0.2, -0.15) is 0 Å². The Balaban J connectivity index is 1.61. The summed E-state index contributed by atoms with van der Waals surface area (Å²) in [5.74, 6) is 1.16. The van der Waals surface area contributed by atoms with Gasteiger partial charge in [0.15, 0.2) is 11.5 Å². The summed E-state index contributed by atoms with van der Waals surface area (Å²) in [6, 6.07) is 21.3. The molecule has 2 N–H and O–H groups in total. The quantitative estimate of drug-likeness (QED) is 0.386. The van der Waals surface area contributed by atoms with E-state index in [9.17, 15) is 9.59 Å². The van der Waals surface area contributed by atoms with Crippen molar-refractivity contribution in [3.8, 4) is 17.2 Å². The Morgan fingerprint density at radius 3 is 2.24 bits per heavy atom. The van der Waals surface area contributed by atoms with Gasteiger partial charge in [0.2, 0.25) is 5.91 Å². The second-order valence-electron chi connectivity index (χ2n) is 7.12. The zero-order valence-corrected chi connectivity index (χ0v) is 19.2. The molecule has 8 heteroatoms. The first-order valence-electron chi connectivity index (χ1n) is 10.9. The van der Waals surface area contributed by atoms with Crippen LogP contribution >= 0.6 is 0 Å². The average molecular weight is 465 g/mol. The Morgan fingerprint density at radius 2 is 1.50 bits per heavy atom. The number of ether oxygens (including phenoxy) is 4. The normalized spacial score (nSPS) is 10.3. The number of benzene rings is 3. The highest BCUT2D eigenvalue weighted by Gasteiger charge is 2.13. The Labute approximate surface area is 198 Å². The van der Waals surface area contributed by atoms with Gasteiger partial charge in [-0.05, 0) is 55.5 Å². The summed E-state index contributed by atoms with van der Waals surface area (Å²) < 4.78 is 21.9. The fraction of sp³-hybridized carbons (Fsp3) is 0.231. The first-order valence-corrected chi connectivity index (χ1v) is 10.9. The van der Waals surface area contributed by atoms with Crippen LogP contribution < -0.4 is 24.8 Å². The van der Waals surface area contributed by atoms with Gasteiger partial charge in [0.05, 0.1) is 6.61 Å². The number of nitrogens with one attached hydrogen (secondary N) is 2. The lowest BCUT2D eigenvalue weighted by atomic mass is 10.1. The summed E-state index contributed by atoms with van der Waals surface area (Å²) in [7, 11) is 1.45. The molecule has 0 aliphatic carbocycles. The molecule has 0 aliphatic heterocycles. The molecule has 0 aromatic heterocycles. The van der Waals surface area contributed by atoms with E-state index >= 15 is 0 Å². The monoisotopic (exact) mass is 464 g/mol. The topological polar surface area (TPSA) is 95.1 Å². The van der Waals surface area contributed by atoms with Crippen molar-refractivity contribution in [2.24, 2.45) is 0 Å². The van der Waals surface area contributed by atoms with Gasteiger partial charge in [0.1, 0.15) is 25.6 Å². The van der Waals surface area contributed by atoms with Crippen molar-refractivity contribution in [3.05, 3.63) is 78.4 Å². The number of carbonyl (C=O) groups excluding carboxylic acids is 2. The molecule has 3 aromatic rings. The van der Waals surface area contributed by atoms with Crippen LogP contribution in [0, 0.1) is 0 Å². The number of anilines is 2. The van der Waals surface area contributed by atoms with Crippen molar-refractivity contribution < 1.29 is 28.5 Å². The van der Waals surface area contributed by atoms with Crippen molar-refractivity contribution in [2.75, 3.05) is 44.2 Å². The lowest BCUT2D eigenvalue weighted by Gasteiger charge is -2.14. The largest absolute Gasteiger partial charge is 0.490 e. The highest BCUT2D eigenvalue weighted by Crippen LogP contribution is 2.29. The molecule has 0 unspecified atom stereocenters. The van der Waals surface area contributed by atoms with Gasteiger partial charge < -0.3 is 29.6 Å². The molecule has 8 nitrogen and oxygen atoms in total. The Hall–Kier alpha value is -4.04. The summed E-state index contributed by atoms with van der Waals surface area (Å²) >= 11 is 0. The van der Waals surface area contributed by atoms with E-state index in [1.807, 2.05) is 37.3 Å². The maximum absolute atomic E-state index is 12.8. The molecule has 34 heavy (non-hydrogen) atoms. The second-order valence-corrected chi connectivity index (χ2v) is 7.12. The van der Waals surface area contributed by atoms with Crippen LogP contribution in [0.5, 0.6) is 17.2 Å². The standard InChI is InChI=1S/C26H28N2O6/c1-3-32-24-16-19(12-13-23(24)34-15-14-33-22-10-5-4-6-11-22)26(30)28-21-9-7-8-20(17-21)27-25(29)18-31-2/h4-13,16-17H,3,14-15,18H2,1-2H3,(H,27,29)(H,28,30). The molecule has 0 radical (unpaired) electrons. The van der Waals surface area contributed by atoms with E-state index in [0.29, 0.717) is 48.3 Å². The maximum Gasteiger partial charge on any atom is 0.255 e. The number of rotatable bonds is 12. The third kappa shape index (κ3) is 7.53. The molecule has 0 saturated carbocycles. The number of methoxy groups -OCH3 is 1. The highest BCUT2D eigenvalue weighted by molar-refractivity contribution is 6.05. The van der Waals surface area contributed by atoms with Crippen molar-refractivity contribution in [3.63, 3.8) is 0 Å². The van der Waals surface area contributed by atoms with Gasteiger partial charge in [-0.1, -0.05) is 24.3 Å². The second kappa shape index (κ2) is 12.9. The summed E-state index contributed by atoms with van der Waals surface area (Å²) in [6.07, 6.45) is 0. The minimum atomic E-state index is -0.319. The number of carbonyl (C=O) groups is 2. The fourth-order valence-electron chi connectivity index (χ4n) is 3.07. The average Bonchev–Trinajstić information content (AvgIpc) is 2.83. The van der Waals surface area contributed by atoms with Crippen LogP contribution in [-0.4, -0.2) is 45.4 Å². The maximum atomic E-state index is 12.8. The predicted octanol–water partition coefficient (Wildman–Crippen LogP) is 4.38. The summed E-state index contributed by atoms with van der Waals surface area (Å²) in [6.45, 7) is 2.92. The summed E-state index contributed by atoms with van der Waals surface area (Å²) in [4.78, 5) is 24.5. The van der Waals surface area contributed by atoms with E-state index in [1.54, 1.807) is 42.5 Å². The third-order valence-electron chi connectivity index (χ3n) is 4.54. The molecule has 3 rings (SSSR count). The summed E-state index contributed by atoms with van der Waals surface area (Å²) in [5.41, 5.74) is 1.50.